The molecule has 2 aromatic rings. The van der Waals surface area contributed by atoms with E-state index in [1.165, 1.54) is 12.1 Å². The van der Waals surface area contributed by atoms with Crippen molar-refractivity contribution >= 4 is 5.69 Å². The van der Waals surface area contributed by atoms with Crippen molar-refractivity contribution in [3.63, 3.8) is 0 Å². The van der Waals surface area contributed by atoms with Crippen LogP contribution in [0.3, 0.4) is 0 Å². The van der Waals surface area contributed by atoms with Crippen molar-refractivity contribution in [1.82, 2.24) is 0 Å². The van der Waals surface area contributed by atoms with Crippen molar-refractivity contribution in [2.24, 2.45) is 0 Å². The van der Waals surface area contributed by atoms with Gasteiger partial charge in [0.25, 0.3) is 0 Å². The largest absolute Gasteiger partial charge is 0.573 e. The molecular weight excluding hydrogens is 293 g/mol. The first kappa shape index (κ1) is 14.3. The number of nitrogens with zero attached hydrogens (tertiary/aromatic N) is 1. The molecule has 0 fully saturated rings. The minimum atomic E-state index is -4.68. The number of nitriles is 1. The van der Waals surface area contributed by atoms with Gasteiger partial charge in [0, 0.05) is 5.69 Å². The summed E-state index contributed by atoms with van der Waals surface area (Å²) in [6.07, 6.45) is -4.00. The molecule has 2 aromatic carbocycles. The number of fused-ring (bicyclic) bond motifs is 1. The van der Waals surface area contributed by atoms with Crippen molar-refractivity contribution in [1.29, 1.82) is 5.26 Å². The lowest BCUT2D eigenvalue weighted by Crippen LogP contribution is -2.17. The fourth-order valence-electron chi connectivity index (χ4n) is 2.53. The fraction of sp³-hybridized carbons (Fsp3) is 0.188. The summed E-state index contributed by atoms with van der Waals surface area (Å²) < 4.78 is 40.3. The molecule has 1 atom stereocenters. The van der Waals surface area contributed by atoms with Crippen LogP contribution in [0.5, 0.6) is 5.75 Å². The number of hydrogen-bond acceptors (Lipinski definition) is 3. The molecule has 112 valence electrons. The molecular formula is C16H11F3N2O. The van der Waals surface area contributed by atoms with Gasteiger partial charge in [-0.15, -0.1) is 13.2 Å². The number of hydrogen-bond donors (Lipinski definition) is 1. The molecule has 22 heavy (non-hydrogen) atoms. The predicted octanol–water partition coefficient (Wildman–Crippen LogP) is 4.17. The van der Waals surface area contributed by atoms with Gasteiger partial charge in [0.15, 0.2) is 0 Å². The summed E-state index contributed by atoms with van der Waals surface area (Å²) in [7, 11) is 0. The highest BCUT2D eigenvalue weighted by molar-refractivity contribution is 5.60. The van der Waals surface area contributed by atoms with Crippen LogP contribution in [-0.2, 0) is 6.42 Å². The van der Waals surface area contributed by atoms with E-state index in [1.807, 2.05) is 12.1 Å². The van der Waals surface area contributed by atoms with Crippen LogP contribution < -0.4 is 10.1 Å². The average molecular weight is 304 g/mol. The Balaban J connectivity index is 1.75. The molecule has 3 nitrogen and oxygen atoms in total. The molecule has 0 saturated heterocycles. The molecule has 1 N–H and O–H groups in total. The van der Waals surface area contributed by atoms with E-state index in [4.69, 9.17) is 5.26 Å². The first-order chi connectivity index (χ1) is 10.4. The van der Waals surface area contributed by atoms with Gasteiger partial charge in [-0.2, -0.15) is 5.26 Å². The monoisotopic (exact) mass is 304 g/mol. The lowest BCUT2D eigenvalue weighted by Gasteiger charge is -2.13. The van der Waals surface area contributed by atoms with Gasteiger partial charge in [-0.3, -0.25) is 0 Å². The third kappa shape index (κ3) is 2.98. The van der Waals surface area contributed by atoms with Gasteiger partial charge in [-0.1, -0.05) is 12.1 Å². The lowest BCUT2D eigenvalue weighted by atomic mass is 10.0. The number of anilines is 1. The van der Waals surface area contributed by atoms with Crippen molar-refractivity contribution < 1.29 is 17.9 Å². The molecule has 1 aliphatic rings. The Morgan fingerprint density at radius 2 is 1.86 bits per heavy atom. The summed E-state index contributed by atoms with van der Waals surface area (Å²) in [5, 5.41) is 12.2. The van der Waals surface area contributed by atoms with E-state index in [0.717, 1.165) is 16.8 Å². The van der Waals surface area contributed by atoms with Gasteiger partial charge < -0.3 is 10.1 Å². The summed E-state index contributed by atoms with van der Waals surface area (Å²) in [5.74, 6) is -0.237. The van der Waals surface area contributed by atoms with E-state index in [1.54, 1.807) is 18.2 Å². The Hall–Kier alpha value is -2.68. The molecule has 0 saturated carbocycles. The van der Waals surface area contributed by atoms with E-state index in [0.29, 0.717) is 12.0 Å². The molecule has 1 aliphatic heterocycles. The molecule has 1 heterocycles. The normalized spacial score (nSPS) is 16.5. The standard InChI is InChI=1S/C16H11F3N2O/c17-16(18,19)22-13-4-2-11(3-5-13)15-8-12-7-10(9-20)1-6-14(12)21-15/h1-7,15,21H,8H2. The Bertz CT molecular complexity index is 733. The zero-order valence-corrected chi connectivity index (χ0v) is 11.3. The number of benzene rings is 2. The topological polar surface area (TPSA) is 45.0 Å². The smallest absolute Gasteiger partial charge is 0.406 e. The first-order valence-electron chi connectivity index (χ1n) is 6.60. The van der Waals surface area contributed by atoms with E-state index in [2.05, 4.69) is 16.1 Å². The Morgan fingerprint density at radius 3 is 2.50 bits per heavy atom. The number of alkyl halides is 3. The van der Waals surface area contributed by atoms with Gasteiger partial charge >= 0.3 is 6.36 Å². The quantitative estimate of drug-likeness (QED) is 0.906. The van der Waals surface area contributed by atoms with Crippen LogP contribution >= 0.6 is 0 Å². The summed E-state index contributed by atoms with van der Waals surface area (Å²) in [5.41, 5.74) is 3.43. The van der Waals surface area contributed by atoms with E-state index in [-0.39, 0.29) is 11.8 Å². The second kappa shape index (κ2) is 5.26. The zero-order valence-electron chi connectivity index (χ0n) is 11.3. The summed E-state index contributed by atoms with van der Waals surface area (Å²) >= 11 is 0. The van der Waals surface area contributed by atoms with Gasteiger partial charge in [0.2, 0.25) is 0 Å². The van der Waals surface area contributed by atoms with Crippen LogP contribution in [0.15, 0.2) is 42.5 Å². The molecule has 0 spiro atoms. The lowest BCUT2D eigenvalue weighted by molar-refractivity contribution is -0.274. The number of nitrogens with one attached hydrogen (secondary N) is 1. The van der Waals surface area contributed by atoms with Crippen molar-refractivity contribution in [3.05, 3.63) is 59.2 Å². The molecule has 0 amide bonds. The first-order valence-corrected chi connectivity index (χ1v) is 6.60. The highest BCUT2D eigenvalue weighted by Crippen LogP contribution is 2.35. The molecule has 3 rings (SSSR count). The summed E-state index contributed by atoms with van der Waals surface area (Å²) in [6.45, 7) is 0. The third-order valence-corrected chi connectivity index (χ3v) is 3.50. The predicted molar refractivity (Wildman–Crippen MR) is 74.3 cm³/mol. The molecule has 0 aliphatic carbocycles. The van der Waals surface area contributed by atoms with Crippen LogP contribution in [0.2, 0.25) is 0 Å². The Kier molecular flexibility index (Phi) is 3.41. The summed E-state index contributed by atoms with van der Waals surface area (Å²) in [4.78, 5) is 0. The maximum atomic E-state index is 12.1. The van der Waals surface area contributed by atoms with Crippen LogP contribution in [0.25, 0.3) is 0 Å². The minimum Gasteiger partial charge on any atom is -0.406 e. The van der Waals surface area contributed by atoms with Gasteiger partial charge in [0.05, 0.1) is 17.7 Å². The number of ether oxygens (including phenoxy) is 1. The highest BCUT2D eigenvalue weighted by Gasteiger charge is 2.31. The van der Waals surface area contributed by atoms with Gasteiger partial charge in [0.1, 0.15) is 5.75 Å². The molecule has 0 bridgehead atoms. The fourth-order valence-corrected chi connectivity index (χ4v) is 2.53. The van der Waals surface area contributed by atoms with Crippen molar-refractivity contribution in [2.75, 3.05) is 5.32 Å². The molecule has 6 heteroatoms. The van der Waals surface area contributed by atoms with Gasteiger partial charge in [-0.25, -0.2) is 0 Å². The molecule has 0 aromatic heterocycles. The van der Waals surface area contributed by atoms with Crippen LogP contribution in [0, 0.1) is 11.3 Å². The third-order valence-electron chi connectivity index (χ3n) is 3.50. The van der Waals surface area contributed by atoms with E-state index >= 15 is 0 Å². The Morgan fingerprint density at radius 1 is 1.14 bits per heavy atom. The average Bonchev–Trinajstić information content (AvgIpc) is 2.89. The van der Waals surface area contributed by atoms with Gasteiger partial charge in [-0.05, 0) is 47.9 Å². The van der Waals surface area contributed by atoms with Crippen LogP contribution in [0.4, 0.5) is 18.9 Å². The van der Waals surface area contributed by atoms with Crippen molar-refractivity contribution in [3.8, 4) is 11.8 Å². The molecule has 1 unspecified atom stereocenters. The Labute approximate surface area is 124 Å². The highest BCUT2D eigenvalue weighted by atomic mass is 19.4. The van der Waals surface area contributed by atoms with E-state index in [9.17, 15) is 13.2 Å². The van der Waals surface area contributed by atoms with Crippen LogP contribution in [-0.4, -0.2) is 6.36 Å². The SMILES string of the molecule is N#Cc1ccc2c(c1)CC(c1ccc(OC(F)(F)F)cc1)N2. The molecule has 0 radical (unpaired) electrons. The zero-order chi connectivity index (χ0) is 15.7. The minimum absolute atomic E-state index is 0.0242. The number of halogens is 3. The number of rotatable bonds is 2. The summed E-state index contributed by atoms with van der Waals surface area (Å²) in [6, 6.07) is 13.3. The van der Waals surface area contributed by atoms with Crippen molar-refractivity contribution in [2.45, 2.75) is 18.8 Å². The van der Waals surface area contributed by atoms with Crippen LogP contribution in [0.1, 0.15) is 22.7 Å². The van der Waals surface area contributed by atoms with E-state index < -0.39 is 6.36 Å². The maximum Gasteiger partial charge on any atom is 0.573 e. The second-order valence-electron chi connectivity index (χ2n) is 5.00. The second-order valence-corrected chi connectivity index (χ2v) is 5.00. The maximum absolute atomic E-state index is 12.1.